The van der Waals surface area contributed by atoms with Crippen LogP contribution in [0.4, 0.5) is 5.13 Å². The highest BCUT2D eigenvalue weighted by Gasteiger charge is 2.34. The smallest absolute Gasteiger partial charge is 0.185 e. The highest BCUT2D eigenvalue weighted by atomic mass is 32.1. The number of rotatable bonds is 4. The Balaban J connectivity index is 2.02. The van der Waals surface area contributed by atoms with Crippen LogP contribution in [-0.2, 0) is 6.42 Å². The minimum absolute atomic E-state index is 0.410. The molecule has 1 aromatic rings. The monoisotopic (exact) mass is 239 g/mol. The van der Waals surface area contributed by atoms with E-state index in [1.54, 1.807) is 11.3 Å². The summed E-state index contributed by atoms with van der Waals surface area (Å²) in [7, 11) is 2.03. The maximum Gasteiger partial charge on any atom is 0.185 e. The molecule has 0 amide bonds. The summed E-state index contributed by atoms with van der Waals surface area (Å²) < 4.78 is 0. The van der Waals surface area contributed by atoms with E-state index in [-0.39, 0.29) is 0 Å². The molecular weight excluding hydrogens is 218 g/mol. The van der Waals surface area contributed by atoms with Crippen LogP contribution in [0.25, 0.3) is 0 Å². The van der Waals surface area contributed by atoms with E-state index in [1.165, 1.54) is 17.2 Å². The molecule has 0 aromatic carbocycles. The summed E-state index contributed by atoms with van der Waals surface area (Å²) in [5, 5.41) is 6.68. The standard InChI is InChI=1S/C12H21N3S/c1-4-10-7-16-11(14-10)15-6-5-12(2,9-15)8-13-3/h7,13H,4-6,8-9H2,1-3H3. The lowest BCUT2D eigenvalue weighted by molar-refractivity contribution is 0.356. The number of aryl methyl sites for hydroxylation is 1. The first-order valence-electron chi connectivity index (χ1n) is 6.01. The molecule has 1 aliphatic heterocycles. The van der Waals surface area contributed by atoms with Crippen molar-refractivity contribution in [3.05, 3.63) is 11.1 Å². The Hall–Kier alpha value is -0.610. The topological polar surface area (TPSA) is 28.2 Å². The van der Waals surface area contributed by atoms with Crippen molar-refractivity contribution >= 4 is 16.5 Å². The summed E-state index contributed by atoms with van der Waals surface area (Å²) in [4.78, 5) is 7.09. The molecule has 1 atom stereocenters. The molecule has 2 rings (SSSR count). The molecule has 0 saturated carbocycles. The SMILES string of the molecule is CCc1csc(N2CCC(C)(CNC)C2)n1. The zero-order valence-electron chi connectivity index (χ0n) is 10.4. The maximum absolute atomic E-state index is 4.66. The number of hydrogen-bond donors (Lipinski definition) is 1. The third-order valence-electron chi connectivity index (χ3n) is 3.33. The molecular formula is C12H21N3S. The largest absolute Gasteiger partial charge is 0.347 e. The molecule has 90 valence electrons. The first kappa shape index (κ1) is 11.9. The van der Waals surface area contributed by atoms with Crippen LogP contribution in [0.15, 0.2) is 5.38 Å². The van der Waals surface area contributed by atoms with E-state index in [1.807, 2.05) is 7.05 Å². The first-order valence-corrected chi connectivity index (χ1v) is 6.89. The van der Waals surface area contributed by atoms with E-state index >= 15 is 0 Å². The Morgan fingerprint density at radius 2 is 2.44 bits per heavy atom. The summed E-state index contributed by atoms with van der Waals surface area (Å²) in [5.41, 5.74) is 1.63. The molecule has 3 nitrogen and oxygen atoms in total. The van der Waals surface area contributed by atoms with Gasteiger partial charge in [0.05, 0.1) is 5.69 Å². The molecule has 1 saturated heterocycles. The number of anilines is 1. The third kappa shape index (κ3) is 2.38. The quantitative estimate of drug-likeness (QED) is 0.872. The van der Waals surface area contributed by atoms with E-state index in [0.717, 1.165) is 26.1 Å². The van der Waals surface area contributed by atoms with Crippen LogP contribution in [0.1, 0.15) is 26.0 Å². The normalized spacial score (nSPS) is 25.3. The van der Waals surface area contributed by atoms with Crippen LogP contribution in [-0.4, -0.2) is 31.7 Å². The molecule has 16 heavy (non-hydrogen) atoms. The summed E-state index contributed by atoms with van der Waals surface area (Å²) in [6, 6.07) is 0. The number of nitrogens with zero attached hydrogens (tertiary/aromatic N) is 2. The lowest BCUT2D eigenvalue weighted by Gasteiger charge is -2.23. The third-order valence-corrected chi connectivity index (χ3v) is 4.28. The fourth-order valence-corrected chi connectivity index (χ4v) is 3.30. The Morgan fingerprint density at radius 1 is 1.62 bits per heavy atom. The number of aromatic nitrogens is 1. The van der Waals surface area contributed by atoms with Crippen LogP contribution in [0.3, 0.4) is 0 Å². The lowest BCUT2D eigenvalue weighted by Crippen LogP contribution is -2.33. The second-order valence-electron chi connectivity index (χ2n) is 4.99. The molecule has 0 aliphatic carbocycles. The van der Waals surface area contributed by atoms with Gasteiger partial charge in [0.15, 0.2) is 5.13 Å². The van der Waals surface area contributed by atoms with Crippen molar-refractivity contribution in [1.82, 2.24) is 10.3 Å². The molecule has 1 unspecified atom stereocenters. The van der Waals surface area contributed by atoms with E-state index in [9.17, 15) is 0 Å². The van der Waals surface area contributed by atoms with Gasteiger partial charge < -0.3 is 10.2 Å². The van der Waals surface area contributed by atoms with Gasteiger partial charge in [-0.3, -0.25) is 0 Å². The zero-order valence-corrected chi connectivity index (χ0v) is 11.2. The predicted molar refractivity (Wildman–Crippen MR) is 70.4 cm³/mol. The fraction of sp³-hybridized carbons (Fsp3) is 0.750. The van der Waals surface area contributed by atoms with E-state index < -0.39 is 0 Å². The molecule has 0 radical (unpaired) electrons. The van der Waals surface area contributed by atoms with Crippen LogP contribution < -0.4 is 10.2 Å². The van der Waals surface area contributed by atoms with Crippen molar-refractivity contribution in [2.24, 2.45) is 5.41 Å². The van der Waals surface area contributed by atoms with Gasteiger partial charge in [-0.15, -0.1) is 11.3 Å². The molecule has 1 aromatic heterocycles. The summed E-state index contributed by atoms with van der Waals surface area (Å²) in [5.74, 6) is 0. The summed E-state index contributed by atoms with van der Waals surface area (Å²) in [6.45, 7) is 7.89. The second kappa shape index (κ2) is 4.72. The first-order chi connectivity index (χ1) is 7.67. The van der Waals surface area contributed by atoms with Gasteiger partial charge in [-0.05, 0) is 25.3 Å². The lowest BCUT2D eigenvalue weighted by atomic mass is 9.90. The average Bonchev–Trinajstić information content (AvgIpc) is 2.85. The fourth-order valence-electron chi connectivity index (χ4n) is 2.36. The van der Waals surface area contributed by atoms with Crippen LogP contribution >= 0.6 is 11.3 Å². The van der Waals surface area contributed by atoms with Gasteiger partial charge in [0, 0.05) is 25.0 Å². The molecule has 4 heteroatoms. The minimum atomic E-state index is 0.410. The Bertz CT molecular complexity index is 350. The second-order valence-corrected chi connectivity index (χ2v) is 5.82. The maximum atomic E-state index is 4.66. The number of thiazole rings is 1. The van der Waals surface area contributed by atoms with Crippen LogP contribution in [0.5, 0.6) is 0 Å². The van der Waals surface area contributed by atoms with Gasteiger partial charge in [-0.25, -0.2) is 4.98 Å². The van der Waals surface area contributed by atoms with Gasteiger partial charge >= 0.3 is 0 Å². The van der Waals surface area contributed by atoms with E-state index in [0.29, 0.717) is 5.41 Å². The Labute approximate surface area is 102 Å². The van der Waals surface area contributed by atoms with Gasteiger partial charge in [0.25, 0.3) is 0 Å². The molecule has 2 heterocycles. The van der Waals surface area contributed by atoms with Crippen molar-refractivity contribution < 1.29 is 0 Å². The van der Waals surface area contributed by atoms with Crippen molar-refractivity contribution in [2.45, 2.75) is 26.7 Å². The van der Waals surface area contributed by atoms with Crippen LogP contribution in [0, 0.1) is 5.41 Å². The van der Waals surface area contributed by atoms with Crippen molar-refractivity contribution in [3.63, 3.8) is 0 Å². The number of nitrogens with one attached hydrogen (secondary N) is 1. The molecule has 0 bridgehead atoms. The number of hydrogen-bond acceptors (Lipinski definition) is 4. The van der Waals surface area contributed by atoms with Crippen molar-refractivity contribution in [2.75, 3.05) is 31.6 Å². The minimum Gasteiger partial charge on any atom is -0.347 e. The molecule has 0 spiro atoms. The molecule has 1 aliphatic rings. The van der Waals surface area contributed by atoms with Gasteiger partial charge in [-0.2, -0.15) is 0 Å². The van der Waals surface area contributed by atoms with Crippen molar-refractivity contribution in [3.8, 4) is 0 Å². The van der Waals surface area contributed by atoms with Gasteiger partial charge in [0.1, 0.15) is 0 Å². The Kier molecular flexibility index (Phi) is 3.50. The highest BCUT2D eigenvalue weighted by molar-refractivity contribution is 7.13. The summed E-state index contributed by atoms with van der Waals surface area (Å²) in [6.07, 6.45) is 2.30. The summed E-state index contributed by atoms with van der Waals surface area (Å²) >= 11 is 1.78. The predicted octanol–water partition coefficient (Wildman–Crippen LogP) is 2.14. The van der Waals surface area contributed by atoms with Crippen molar-refractivity contribution in [1.29, 1.82) is 0 Å². The zero-order chi connectivity index (χ0) is 11.6. The van der Waals surface area contributed by atoms with E-state index in [2.05, 4.69) is 34.4 Å². The van der Waals surface area contributed by atoms with Gasteiger partial charge in [0.2, 0.25) is 0 Å². The van der Waals surface area contributed by atoms with Crippen LogP contribution in [0.2, 0.25) is 0 Å². The van der Waals surface area contributed by atoms with Gasteiger partial charge in [-0.1, -0.05) is 13.8 Å². The average molecular weight is 239 g/mol. The molecule has 1 N–H and O–H groups in total. The Morgan fingerprint density at radius 3 is 3.06 bits per heavy atom. The highest BCUT2D eigenvalue weighted by Crippen LogP contribution is 2.33. The molecule has 1 fully saturated rings. The van der Waals surface area contributed by atoms with E-state index in [4.69, 9.17) is 0 Å².